The second-order valence-electron chi connectivity index (χ2n) is 5.83. The van der Waals surface area contributed by atoms with Gasteiger partial charge in [-0.15, -0.1) is 6.58 Å². The van der Waals surface area contributed by atoms with Crippen LogP contribution in [0.5, 0.6) is 0 Å². The number of alkyl halides is 3. The number of ether oxygens (including phenoxy) is 1. The largest absolute Gasteiger partial charge is 0.416 e. The number of hydrogen-bond acceptors (Lipinski definition) is 3. The summed E-state index contributed by atoms with van der Waals surface area (Å²) >= 11 is 6.07. The summed E-state index contributed by atoms with van der Waals surface area (Å²) in [5, 5.41) is 6.83. The topological polar surface area (TPSA) is 56.1 Å². The van der Waals surface area contributed by atoms with Gasteiger partial charge in [0.25, 0.3) is 5.91 Å². The first-order valence-corrected chi connectivity index (χ1v) is 8.48. The summed E-state index contributed by atoms with van der Waals surface area (Å²) in [6, 6.07) is 4.44. The summed E-state index contributed by atoms with van der Waals surface area (Å²) in [5.74, 6) is -0.263. The zero-order valence-corrected chi connectivity index (χ0v) is 15.6. The lowest BCUT2D eigenvalue weighted by atomic mass is 10.2. The van der Waals surface area contributed by atoms with Crippen LogP contribution in [-0.2, 0) is 15.7 Å². The molecule has 0 unspecified atom stereocenters. The Hall–Kier alpha value is -2.32. The van der Waals surface area contributed by atoms with E-state index in [2.05, 4.69) is 17.0 Å². The van der Waals surface area contributed by atoms with Crippen LogP contribution in [0.3, 0.4) is 0 Å². The molecule has 0 bridgehead atoms. The number of rotatable bonds is 7. The lowest BCUT2D eigenvalue weighted by Crippen LogP contribution is -2.29. The molecule has 0 aliphatic carbocycles. The molecule has 27 heavy (non-hydrogen) atoms. The SMILES string of the molecule is C=CCCO[C@H](C)C(=O)Nc1cc(C)nn1-c1cc(C(F)(F)F)ccc1Cl. The predicted molar refractivity (Wildman–Crippen MR) is 97.2 cm³/mol. The van der Waals surface area contributed by atoms with Crippen LogP contribution in [0, 0.1) is 6.92 Å². The minimum Gasteiger partial charge on any atom is -0.368 e. The maximum Gasteiger partial charge on any atom is 0.416 e. The van der Waals surface area contributed by atoms with Crippen molar-refractivity contribution in [3.8, 4) is 5.69 Å². The molecule has 0 saturated carbocycles. The summed E-state index contributed by atoms with van der Waals surface area (Å²) in [6.45, 7) is 7.12. The number of carbonyl (C=O) groups excluding carboxylic acids is 1. The van der Waals surface area contributed by atoms with E-state index in [1.807, 2.05) is 0 Å². The molecule has 2 rings (SSSR count). The molecular weight excluding hydrogens is 383 g/mol. The number of amides is 1. The van der Waals surface area contributed by atoms with Crippen molar-refractivity contribution >= 4 is 23.3 Å². The van der Waals surface area contributed by atoms with E-state index in [0.29, 0.717) is 18.7 Å². The van der Waals surface area contributed by atoms with Gasteiger partial charge in [-0.05, 0) is 38.5 Å². The zero-order chi connectivity index (χ0) is 20.2. The summed E-state index contributed by atoms with van der Waals surface area (Å²) in [5.41, 5.74) is -0.359. The summed E-state index contributed by atoms with van der Waals surface area (Å²) in [7, 11) is 0. The van der Waals surface area contributed by atoms with Crippen molar-refractivity contribution < 1.29 is 22.7 Å². The molecule has 5 nitrogen and oxygen atoms in total. The molecule has 0 saturated heterocycles. The predicted octanol–water partition coefficient (Wildman–Crippen LogP) is 4.77. The molecule has 146 valence electrons. The molecule has 1 amide bonds. The van der Waals surface area contributed by atoms with Crippen LogP contribution in [0.15, 0.2) is 36.9 Å². The Balaban J connectivity index is 2.31. The third-order valence-electron chi connectivity index (χ3n) is 3.64. The van der Waals surface area contributed by atoms with Crippen molar-refractivity contribution in [3.63, 3.8) is 0 Å². The Labute approximate surface area is 159 Å². The van der Waals surface area contributed by atoms with Gasteiger partial charge >= 0.3 is 6.18 Å². The number of aryl methyl sites for hydroxylation is 1. The molecule has 1 N–H and O–H groups in total. The van der Waals surface area contributed by atoms with E-state index in [1.165, 1.54) is 10.7 Å². The third-order valence-corrected chi connectivity index (χ3v) is 3.96. The standard InChI is InChI=1S/C18H19ClF3N3O2/c1-4-5-8-27-12(3)17(26)23-16-9-11(2)24-25(16)15-10-13(18(20,21)22)6-7-14(15)19/h4,6-7,9-10,12H,1,5,8H2,2-3H3,(H,23,26)/t12-/m1/s1. The fourth-order valence-corrected chi connectivity index (χ4v) is 2.45. The quantitative estimate of drug-likeness (QED) is 0.537. The van der Waals surface area contributed by atoms with Crippen LogP contribution in [0.2, 0.25) is 5.02 Å². The van der Waals surface area contributed by atoms with Crippen molar-refractivity contribution in [1.82, 2.24) is 9.78 Å². The van der Waals surface area contributed by atoms with Crippen LogP contribution in [0.1, 0.15) is 24.6 Å². The molecule has 0 aliphatic rings. The van der Waals surface area contributed by atoms with Crippen LogP contribution in [0.4, 0.5) is 19.0 Å². The van der Waals surface area contributed by atoms with E-state index in [1.54, 1.807) is 19.9 Å². The third kappa shape index (κ3) is 5.33. The van der Waals surface area contributed by atoms with Gasteiger partial charge in [0.2, 0.25) is 0 Å². The molecule has 0 fully saturated rings. The average Bonchev–Trinajstić information content (AvgIpc) is 2.94. The number of carbonyl (C=O) groups is 1. The Morgan fingerprint density at radius 3 is 2.78 bits per heavy atom. The Bertz CT molecular complexity index is 834. The molecule has 0 radical (unpaired) electrons. The normalized spacial score (nSPS) is 12.7. The monoisotopic (exact) mass is 401 g/mol. The highest BCUT2D eigenvalue weighted by Crippen LogP contribution is 2.34. The summed E-state index contributed by atoms with van der Waals surface area (Å²) in [4.78, 5) is 12.3. The van der Waals surface area contributed by atoms with E-state index in [9.17, 15) is 18.0 Å². The number of nitrogens with one attached hydrogen (secondary N) is 1. The Morgan fingerprint density at radius 1 is 1.44 bits per heavy atom. The minimum atomic E-state index is -4.53. The van der Waals surface area contributed by atoms with E-state index in [0.717, 1.165) is 18.2 Å². The molecule has 0 aliphatic heterocycles. The van der Waals surface area contributed by atoms with Crippen LogP contribution in [-0.4, -0.2) is 28.4 Å². The van der Waals surface area contributed by atoms with Gasteiger partial charge in [0.1, 0.15) is 11.9 Å². The van der Waals surface area contributed by atoms with Gasteiger partial charge in [-0.2, -0.15) is 18.3 Å². The van der Waals surface area contributed by atoms with E-state index in [-0.39, 0.29) is 16.5 Å². The van der Waals surface area contributed by atoms with Crippen LogP contribution >= 0.6 is 11.6 Å². The highest BCUT2D eigenvalue weighted by molar-refractivity contribution is 6.32. The molecular formula is C18H19ClF3N3O2. The molecule has 2 aromatic rings. The number of hydrogen-bond donors (Lipinski definition) is 1. The first kappa shape index (κ1) is 21.0. The Kier molecular flexibility index (Phi) is 6.67. The first-order valence-electron chi connectivity index (χ1n) is 8.10. The maximum atomic E-state index is 13.0. The smallest absolute Gasteiger partial charge is 0.368 e. The van der Waals surface area contributed by atoms with E-state index >= 15 is 0 Å². The summed E-state index contributed by atoms with van der Waals surface area (Å²) < 4.78 is 45.6. The van der Waals surface area contributed by atoms with E-state index in [4.69, 9.17) is 16.3 Å². The van der Waals surface area contributed by atoms with Crippen molar-refractivity contribution in [1.29, 1.82) is 0 Å². The highest BCUT2D eigenvalue weighted by atomic mass is 35.5. The molecule has 0 spiro atoms. The molecule has 1 atom stereocenters. The highest BCUT2D eigenvalue weighted by Gasteiger charge is 2.31. The Morgan fingerprint density at radius 2 is 2.15 bits per heavy atom. The fraction of sp³-hybridized carbons (Fsp3) is 0.333. The van der Waals surface area contributed by atoms with Crippen LogP contribution in [0.25, 0.3) is 5.69 Å². The number of aromatic nitrogens is 2. The van der Waals surface area contributed by atoms with E-state index < -0.39 is 23.8 Å². The summed E-state index contributed by atoms with van der Waals surface area (Å²) in [6.07, 6.45) is -3.03. The van der Waals surface area contributed by atoms with Gasteiger partial charge in [0.15, 0.2) is 0 Å². The van der Waals surface area contributed by atoms with Crippen LogP contribution < -0.4 is 5.32 Å². The fourth-order valence-electron chi connectivity index (χ4n) is 2.26. The van der Waals surface area contributed by atoms with Crippen molar-refractivity contribution in [2.75, 3.05) is 11.9 Å². The second kappa shape index (κ2) is 8.58. The lowest BCUT2D eigenvalue weighted by Gasteiger charge is -2.15. The number of benzene rings is 1. The van der Waals surface area contributed by atoms with Gasteiger partial charge in [-0.1, -0.05) is 17.7 Å². The van der Waals surface area contributed by atoms with Gasteiger partial charge < -0.3 is 10.1 Å². The maximum absolute atomic E-state index is 13.0. The molecule has 1 heterocycles. The molecule has 1 aromatic heterocycles. The van der Waals surface area contributed by atoms with Gasteiger partial charge in [0.05, 0.1) is 28.6 Å². The zero-order valence-electron chi connectivity index (χ0n) is 14.8. The lowest BCUT2D eigenvalue weighted by molar-refractivity contribution is -0.137. The first-order chi connectivity index (χ1) is 12.6. The number of nitrogens with zero attached hydrogens (tertiary/aromatic N) is 2. The molecule has 9 heteroatoms. The van der Waals surface area contributed by atoms with Gasteiger partial charge in [-0.25, -0.2) is 4.68 Å². The van der Waals surface area contributed by atoms with Gasteiger partial charge in [-0.3, -0.25) is 4.79 Å². The van der Waals surface area contributed by atoms with Crippen molar-refractivity contribution in [3.05, 3.63) is 53.2 Å². The number of anilines is 1. The second-order valence-corrected chi connectivity index (χ2v) is 6.23. The van der Waals surface area contributed by atoms with Crippen molar-refractivity contribution in [2.24, 2.45) is 0 Å². The average molecular weight is 402 g/mol. The molecule has 1 aromatic carbocycles. The van der Waals surface area contributed by atoms with Crippen molar-refractivity contribution in [2.45, 2.75) is 32.5 Å². The number of halogens is 4. The van der Waals surface area contributed by atoms with Gasteiger partial charge in [0, 0.05) is 6.07 Å². The minimum absolute atomic E-state index is 0.00937.